The van der Waals surface area contributed by atoms with E-state index in [2.05, 4.69) is 33.4 Å². The second-order valence-electron chi connectivity index (χ2n) is 8.13. The van der Waals surface area contributed by atoms with Crippen molar-refractivity contribution in [3.63, 3.8) is 0 Å². The predicted octanol–water partition coefficient (Wildman–Crippen LogP) is 5.98. The molecular formula is C22H22BrF4N. The quantitative estimate of drug-likeness (QED) is 0.560. The van der Waals surface area contributed by atoms with Crippen LogP contribution in [0.4, 0.5) is 17.6 Å². The topological polar surface area (TPSA) is 12.0 Å². The molecule has 1 aliphatic carbocycles. The molecular weight excluding hydrogens is 434 g/mol. The SMILES string of the molecule is CC(F)(c1ccc2c(c1)CCC1NCCC21Cc1ccc(Br)cc1)C(F)(F)F. The molecule has 1 heterocycles. The highest BCUT2D eigenvalue weighted by Crippen LogP contribution is 2.48. The molecule has 3 unspecified atom stereocenters. The first-order chi connectivity index (χ1) is 13.1. The lowest BCUT2D eigenvalue weighted by Crippen LogP contribution is -2.46. The van der Waals surface area contributed by atoms with E-state index in [-0.39, 0.29) is 17.0 Å². The maximum atomic E-state index is 14.5. The molecule has 3 atom stereocenters. The normalized spacial score (nSPS) is 26.4. The van der Waals surface area contributed by atoms with Crippen LogP contribution in [0, 0.1) is 0 Å². The molecule has 150 valence electrons. The van der Waals surface area contributed by atoms with Gasteiger partial charge >= 0.3 is 6.18 Å². The van der Waals surface area contributed by atoms with Gasteiger partial charge < -0.3 is 5.32 Å². The van der Waals surface area contributed by atoms with Crippen molar-refractivity contribution in [2.45, 2.75) is 55.9 Å². The third kappa shape index (κ3) is 3.18. The fourth-order valence-electron chi connectivity index (χ4n) is 4.85. The van der Waals surface area contributed by atoms with Crippen molar-refractivity contribution in [3.05, 3.63) is 69.2 Å². The first-order valence-electron chi connectivity index (χ1n) is 9.51. The van der Waals surface area contributed by atoms with E-state index < -0.39 is 11.8 Å². The van der Waals surface area contributed by atoms with Crippen LogP contribution in [0.3, 0.4) is 0 Å². The van der Waals surface area contributed by atoms with Crippen LogP contribution in [-0.2, 0) is 23.9 Å². The summed E-state index contributed by atoms with van der Waals surface area (Å²) in [6, 6.07) is 13.0. The van der Waals surface area contributed by atoms with Gasteiger partial charge in [-0.05, 0) is 73.5 Å². The van der Waals surface area contributed by atoms with E-state index in [0.717, 1.165) is 41.4 Å². The maximum absolute atomic E-state index is 14.5. The fourth-order valence-corrected chi connectivity index (χ4v) is 5.12. The Bertz CT molecular complexity index is 875. The minimum absolute atomic E-state index is 0.162. The molecule has 1 fully saturated rings. The first-order valence-corrected chi connectivity index (χ1v) is 10.3. The first kappa shape index (κ1) is 19.9. The minimum atomic E-state index is -4.93. The number of alkyl halides is 4. The van der Waals surface area contributed by atoms with Gasteiger partial charge in [0.05, 0.1) is 0 Å². The van der Waals surface area contributed by atoms with Gasteiger partial charge in [0.1, 0.15) is 0 Å². The van der Waals surface area contributed by atoms with Gasteiger partial charge in [-0.15, -0.1) is 0 Å². The van der Waals surface area contributed by atoms with E-state index in [1.807, 2.05) is 12.1 Å². The lowest BCUT2D eigenvalue weighted by molar-refractivity contribution is -0.228. The molecule has 0 amide bonds. The van der Waals surface area contributed by atoms with Crippen molar-refractivity contribution in [2.24, 2.45) is 0 Å². The van der Waals surface area contributed by atoms with Gasteiger partial charge in [0.2, 0.25) is 5.67 Å². The summed E-state index contributed by atoms with van der Waals surface area (Å²) in [5.74, 6) is 0. The molecule has 1 N–H and O–H groups in total. The van der Waals surface area contributed by atoms with E-state index in [4.69, 9.17) is 0 Å². The molecule has 2 aromatic carbocycles. The second kappa shape index (κ2) is 6.84. The second-order valence-corrected chi connectivity index (χ2v) is 9.04. The molecule has 1 nitrogen and oxygen atoms in total. The summed E-state index contributed by atoms with van der Waals surface area (Å²) >= 11 is 3.45. The molecule has 2 aliphatic rings. The molecule has 1 aliphatic heterocycles. The van der Waals surface area contributed by atoms with Crippen molar-refractivity contribution >= 4 is 15.9 Å². The van der Waals surface area contributed by atoms with Gasteiger partial charge in [-0.3, -0.25) is 0 Å². The number of nitrogens with one attached hydrogen (secondary N) is 1. The Balaban J connectivity index is 1.76. The smallest absolute Gasteiger partial charge is 0.313 e. The monoisotopic (exact) mass is 455 g/mol. The third-order valence-corrected chi connectivity index (χ3v) is 7.01. The zero-order valence-corrected chi connectivity index (χ0v) is 17.1. The number of rotatable bonds is 3. The van der Waals surface area contributed by atoms with Crippen molar-refractivity contribution in [3.8, 4) is 0 Å². The Labute approximate surface area is 170 Å². The number of benzene rings is 2. The Hall–Kier alpha value is -1.40. The molecule has 0 saturated carbocycles. The standard InChI is InChI=1S/C22H22BrF4N/c1-20(24,22(25,26)27)16-5-8-18-15(12-16)4-9-19-21(18,10-11-28-19)13-14-2-6-17(23)7-3-14/h2-3,5-8,12,19,28H,4,9-11,13H2,1H3. The van der Waals surface area contributed by atoms with Crippen LogP contribution in [0.1, 0.15) is 42.0 Å². The van der Waals surface area contributed by atoms with Gasteiger partial charge in [0, 0.05) is 15.9 Å². The summed E-state index contributed by atoms with van der Waals surface area (Å²) in [7, 11) is 0. The van der Waals surface area contributed by atoms with Crippen LogP contribution in [0.15, 0.2) is 46.9 Å². The summed E-state index contributed by atoms with van der Waals surface area (Å²) in [6.07, 6.45) is -1.68. The highest BCUT2D eigenvalue weighted by Gasteiger charge is 2.54. The maximum Gasteiger partial charge on any atom is 0.426 e. The Kier molecular flexibility index (Phi) is 4.86. The highest BCUT2D eigenvalue weighted by atomic mass is 79.9. The molecule has 28 heavy (non-hydrogen) atoms. The van der Waals surface area contributed by atoms with Crippen molar-refractivity contribution in [2.75, 3.05) is 6.54 Å². The molecule has 6 heteroatoms. The van der Waals surface area contributed by atoms with Crippen molar-refractivity contribution in [1.82, 2.24) is 5.32 Å². The van der Waals surface area contributed by atoms with E-state index in [0.29, 0.717) is 13.3 Å². The average molecular weight is 456 g/mol. The van der Waals surface area contributed by atoms with Gasteiger partial charge in [0.15, 0.2) is 0 Å². The zero-order valence-electron chi connectivity index (χ0n) is 15.5. The molecule has 4 rings (SSSR count). The number of aryl methyl sites for hydroxylation is 1. The number of hydrogen-bond donors (Lipinski definition) is 1. The molecule has 0 aromatic heterocycles. The Morgan fingerprint density at radius 2 is 1.82 bits per heavy atom. The number of fused-ring (bicyclic) bond motifs is 3. The van der Waals surface area contributed by atoms with E-state index >= 15 is 0 Å². The van der Waals surface area contributed by atoms with Crippen LogP contribution < -0.4 is 5.32 Å². The summed E-state index contributed by atoms with van der Waals surface area (Å²) in [5, 5.41) is 3.58. The molecule has 1 saturated heterocycles. The van der Waals surface area contributed by atoms with Crippen LogP contribution in [-0.4, -0.2) is 18.8 Å². The summed E-state index contributed by atoms with van der Waals surface area (Å²) in [5.41, 5.74) is -0.696. The number of halogens is 5. The van der Waals surface area contributed by atoms with Gasteiger partial charge in [0.25, 0.3) is 0 Å². The van der Waals surface area contributed by atoms with Gasteiger partial charge in [-0.1, -0.05) is 46.3 Å². The van der Waals surface area contributed by atoms with Crippen LogP contribution in [0.5, 0.6) is 0 Å². The fraction of sp³-hybridized carbons (Fsp3) is 0.455. The van der Waals surface area contributed by atoms with Crippen molar-refractivity contribution < 1.29 is 17.6 Å². The predicted molar refractivity (Wildman–Crippen MR) is 105 cm³/mol. The molecule has 2 aromatic rings. The Morgan fingerprint density at radius 1 is 1.11 bits per heavy atom. The third-order valence-electron chi connectivity index (χ3n) is 6.48. The van der Waals surface area contributed by atoms with Crippen LogP contribution in [0.25, 0.3) is 0 Å². The molecule has 0 bridgehead atoms. The summed E-state index contributed by atoms with van der Waals surface area (Å²) < 4.78 is 55.0. The minimum Gasteiger partial charge on any atom is -0.313 e. The van der Waals surface area contributed by atoms with Crippen LogP contribution in [0.2, 0.25) is 0 Å². The highest BCUT2D eigenvalue weighted by molar-refractivity contribution is 9.10. The van der Waals surface area contributed by atoms with E-state index in [1.54, 1.807) is 6.07 Å². The Morgan fingerprint density at radius 3 is 2.50 bits per heavy atom. The lowest BCUT2D eigenvalue weighted by Gasteiger charge is -2.42. The van der Waals surface area contributed by atoms with E-state index in [9.17, 15) is 17.6 Å². The lowest BCUT2D eigenvalue weighted by atomic mass is 9.63. The van der Waals surface area contributed by atoms with Gasteiger partial charge in [-0.25, -0.2) is 4.39 Å². The summed E-state index contributed by atoms with van der Waals surface area (Å²) in [6.45, 7) is 1.49. The van der Waals surface area contributed by atoms with Crippen molar-refractivity contribution in [1.29, 1.82) is 0 Å². The van der Waals surface area contributed by atoms with E-state index in [1.165, 1.54) is 17.7 Å². The summed E-state index contributed by atoms with van der Waals surface area (Å²) in [4.78, 5) is 0. The van der Waals surface area contributed by atoms with Crippen LogP contribution >= 0.6 is 15.9 Å². The largest absolute Gasteiger partial charge is 0.426 e. The molecule has 0 spiro atoms. The average Bonchev–Trinajstić information content (AvgIpc) is 3.06. The number of hydrogen-bond acceptors (Lipinski definition) is 1. The molecule has 0 radical (unpaired) electrons. The zero-order chi connectivity index (χ0) is 20.2. The van der Waals surface area contributed by atoms with Gasteiger partial charge in [-0.2, -0.15) is 13.2 Å².